The van der Waals surface area contributed by atoms with Gasteiger partial charge in [0, 0.05) is 38.3 Å². The molecule has 3 aromatic rings. The molecule has 5 rings (SSSR count). The van der Waals surface area contributed by atoms with E-state index in [1.165, 1.54) is 37.6 Å². The number of carbonyl (C=O) groups is 1. The highest BCUT2D eigenvalue weighted by Crippen LogP contribution is 2.43. The van der Waals surface area contributed by atoms with Crippen LogP contribution in [0.3, 0.4) is 0 Å². The Labute approximate surface area is 176 Å². The molecule has 0 radical (unpaired) electrons. The van der Waals surface area contributed by atoms with Gasteiger partial charge in [0.05, 0.1) is 34.3 Å². The van der Waals surface area contributed by atoms with Crippen LogP contribution < -0.4 is 10.6 Å². The highest BCUT2D eigenvalue weighted by Gasteiger charge is 2.25. The SMILES string of the molecule is CN(C)c1cc(-c2ccc3c(c2)ncn3C2CCCCC2)c2c(c1C(N)=O)CC=N2. The van der Waals surface area contributed by atoms with Crippen molar-refractivity contribution in [3.05, 3.63) is 41.7 Å². The van der Waals surface area contributed by atoms with Crippen LogP contribution in [0.25, 0.3) is 22.2 Å². The van der Waals surface area contributed by atoms with E-state index in [4.69, 9.17) is 10.7 Å². The number of nitrogens with two attached hydrogens (primary N) is 1. The third-order valence-electron chi connectivity index (χ3n) is 6.48. The van der Waals surface area contributed by atoms with E-state index in [1.54, 1.807) is 0 Å². The number of primary amides is 1. The molecule has 0 bridgehead atoms. The van der Waals surface area contributed by atoms with E-state index in [-0.39, 0.29) is 0 Å². The van der Waals surface area contributed by atoms with Gasteiger partial charge in [0.25, 0.3) is 5.91 Å². The third-order valence-corrected chi connectivity index (χ3v) is 6.48. The minimum atomic E-state index is -0.409. The maximum atomic E-state index is 12.2. The second kappa shape index (κ2) is 7.27. The number of aromatic nitrogens is 2. The topological polar surface area (TPSA) is 76.5 Å². The number of carbonyl (C=O) groups excluding carboxylic acids is 1. The Kier molecular flexibility index (Phi) is 4.57. The second-order valence-corrected chi connectivity index (χ2v) is 8.57. The summed E-state index contributed by atoms with van der Waals surface area (Å²) in [5.41, 5.74) is 13.1. The largest absolute Gasteiger partial charge is 0.377 e. The van der Waals surface area contributed by atoms with Gasteiger partial charge in [-0.15, -0.1) is 0 Å². The summed E-state index contributed by atoms with van der Waals surface area (Å²) in [6.45, 7) is 0. The number of rotatable bonds is 4. The minimum Gasteiger partial charge on any atom is -0.377 e. The van der Waals surface area contributed by atoms with Crippen molar-refractivity contribution in [2.45, 2.75) is 44.6 Å². The van der Waals surface area contributed by atoms with Crippen LogP contribution in [0.1, 0.15) is 54.1 Å². The van der Waals surface area contributed by atoms with Gasteiger partial charge in [0.2, 0.25) is 0 Å². The second-order valence-electron chi connectivity index (χ2n) is 8.57. The molecule has 1 aliphatic carbocycles. The molecular weight excluding hydrogens is 374 g/mol. The van der Waals surface area contributed by atoms with E-state index in [0.717, 1.165) is 33.6 Å². The van der Waals surface area contributed by atoms with Crippen molar-refractivity contribution in [1.29, 1.82) is 0 Å². The van der Waals surface area contributed by atoms with E-state index in [1.807, 2.05) is 37.6 Å². The van der Waals surface area contributed by atoms with Gasteiger partial charge >= 0.3 is 0 Å². The van der Waals surface area contributed by atoms with E-state index < -0.39 is 5.91 Å². The Balaban J connectivity index is 1.64. The van der Waals surface area contributed by atoms with Crippen LogP contribution in [0, 0.1) is 0 Å². The van der Waals surface area contributed by atoms with Gasteiger partial charge in [-0.3, -0.25) is 9.79 Å². The number of nitrogens with zero attached hydrogens (tertiary/aromatic N) is 4. The van der Waals surface area contributed by atoms with Gasteiger partial charge in [-0.1, -0.05) is 25.3 Å². The zero-order valence-corrected chi connectivity index (χ0v) is 17.6. The summed E-state index contributed by atoms with van der Waals surface area (Å²) in [7, 11) is 3.87. The Hall–Kier alpha value is -3.15. The summed E-state index contributed by atoms with van der Waals surface area (Å²) in [6, 6.07) is 9.05. The fourth-order valence-electron chi connectivity index (χ4n) is 4.98. The molecular formula is C24H27N5O. The summed E-state index contributed by atoms with van der Waals surface area (Å²) in [6.07, 6.45) is 10.9. The van der Waals surface area contributed by atoms with Crippen LogP contribution in [0.15, 0.2) is 35.6 Å². The molecule has 1 amide bonds. The number of benzene rings is 2. The Bertz CT molecular complexity index is 1170. The zero-order chi connectivity index (χ0) is 20.8. The molecule has 2 aliphatic rings. The fourth-order valence-corrected chi connectivity index (χ4v) is 4.98. The van der Waals surface area contributed by atoms with E-state index in [0.29, 0.717) is 18.0 Å². The fraction of sp³-hybridized carbons (Fsp3) is 0.375. The van der Waals surface area contributed by atoms with Crippen molar-refractivity contribution in [2.75, 3.05) is 19.0 Å². The first-order valence-electron chi connectivity index (χ1n) is 10.7. The van der Waals surface area contributed by atoms with Crippen LogP contribution in [0.2, 0.25) is 0 Å². The zero-order valence-electron chi connectivity index (χ0n) is 17.6. The van der Waals surface area contributed by atoms with Crippen molar-refractivity contribution in [3.8, 4) is 11.1 Å². The molecule has 2 aromatic carbocycles. The Morgan fingerprint density at radius 3 is 2.70 bits per heavy atom. The summed E-state index contributed by atoms with van der Waals surface area (Å²) < 4.78 is 2.35. The number of hydrogen-bond donors (Lipinski definition) is 1. The quantitative estimate of drug-likeness (QED) is 0.692. The first kappa shape index (κ1) is 18.9. The highest BCUT2D eigenvalue weighted by molar-refractivity contribution is 6.06. The van der Waals surface area contributed by atoms with E-state index >= 15 is 0 Å². The van der Waals surface area contributed by atoms with Gasteiger partial charge < -0.3 is 15.2 Å². The molecule has 2 N–H and O–H groups in total. The van der Waals surface area contributed by atoms with Crippen LogP contribution in [0.4, 0.5) is 11.4 Å². The van der Waals surface area contributed by atoms with Gasteiger partial charge in [-0.05, 0) is 42.2 Å². The number of imidazole rings is 1. The van der Waals surface area contributed by atoms with Crippen molar-refractivity contribution < 1.29 is 4.79 Å². The van der Waals surface area contributed by atoms with Gasteiger partial charge in [0.15, 0.2) is 0 Å². The molecule has 0 spiro atoms. The van der Waals surface area contributed by atoms with Crippen molar-refractivity contribution >= 4 is 34.5 Å². The average Bonchev–Trinajstić information content (AvgIpc) is 3.39. The number of amides is 1. The van der Waals surface area contributed by atoms with Crippen molar-refractivity contribution in [2.24, 2.45) is 10.7 Å². The van der Waals surface area contributed by atoms with Crippen molar-refractivity contribution in [3.63, 3.8) is 0 Å². The van der Waals surface area contributed by atoms with Crippen LogP contribution in [-0.4, -0.2) is 35.8 Å². The molecule has 0 atom stereocenters. The number of anilines is 1. The van der Waals surface area contributed by atoms with Crippen LogP contribution >= 0.6 is 0 Å². The third kappa shape index (κ3) is 2.98. The maximum absolute atomic E-state index is 12.2. The predicted molar refractivity (Wildman–Crippen MR) is 122 cm³/mol. The standard InChI is InChI=1S/C24H27N5O/c1-28(2)21-13-18(23-17(10-11-26-23)22(21)24(25)30)15-8-9-20-19(12-15)27-14-29(20)16-6-4-3-5-7-16/h8-9,11-14,16H,3-7,10H2,1-2H3,(H2,25,30). The monoisotopic (exact) mass is 401 g/mol. The maximum Gasteiger partial charge on any atom is 0.251 e. The molecule has 1 aromatic heterocycles. The van der Waals surface area contributed by atoms with E-state index in [2.05, 4.69) is 27.8 Å². The van der Waals surface area contributed by atoms with E-state index in [9.17, 15) is 4.79 Å². The molecule has 154 valence electrons. The lowest BCUT2D eigenvalue weighted by molar-refractivity contribution is 0.1000. The summed E-state index contributed by atoms with van der Waals surface area (Å²) in [5.74, 6) is -0.409. The Morgan fingerprint density at radius 2 is 1.97 bits per heavy atom. The van der Waals surface area contributed by atoms with Gasteiger partial charge in [-0.25, -0.2) is 4.98 Å². The number of aliphatic imine (C=N–C) groups is 1. The Morgan fingerprint density at radius 1 is 1.17 bits per heavy atom. The molecule has 0 saturated heterocycles. The first-order valence-corrected chi connectivity index (χ1v) is 10.7. The number of fused-ring (bicyclic) bond motifs is 2. The smallest absolute Gasteiger partial charge is 0.251 e. The highest BCUT2D eigenvalue weighted by atomic mass is 16.1. The average molecular weight is 402 g/mol. The molecule has 6 nitrogen and oxygen atoms in total. The number of hydrogen-bond acceptors (Lipinski definition) is 4. The summed E-state index contributed by atoms with van der Waals surface area (Å²) in [4.78, 5) is 23.4. The van der Waals surface area contributed by atoms with Gasteiger partial charge in [0.1, 0.15) is 0 Å². The van der Waals surface area contributed by atoms with Gasteiger partial charge in [-0.2, -0.15) is 0 Å². The van der Waals surface area contributed by atoms with Crippen LogP contribution in [-0.2, 0) is 6.42 Å². The van der Waals surface area contributed by atoms with Crippen LogP contribution in [0.5, 0.6) is 0 Å². The lowest BCUT2D eigenvalue weighted by atomic mass is 9.93. The minimum absolute atomic E-state index is 0.409. The molecule has 6 heteroatoms. The molecule has 1 aliphatic heterocycles. The first-order chi connectivity index (χ1) is 14.5. The lowest BCUT2D eigenvalue weighted by Crippen LogP contribution is -2.20. The molecule has 1 saturated carbocycles. The molecule has 2 heterocycles. The summed E-state index contributed by atoms with van der Waals surface area (Å²) in [5, 5.41) is 0. The predicted octanol–water partition coefficient (Wildman–Crippen LogP) is 4.63. The van der Waals surface area contributed by atoms with Crippen molar-refractivity contribution in [1.82, 2.24) is 9.55 Å². The molecule has 0 unspecified atom stereocenters. The molecule has 30 heavy (non-hydrogen) atoms. The molecule has 1 fully saturated rings. The summed E-state index contributed by atoms with van der Waals surface area (Å²) >= 11 is 0. The normalized spacial score (nSPS) is 16.2. The lowest BCUT2D eigenvalue weighted by Gasteiger charge is -2.23.